The van der Waals surface area contributed by atoms with Crippen molar-refractivity contribution in [2.24, 2.45) is 0 Å². The summed E-state index contributed by atoms with van der Waals surface area (Å²) >= 11 is 0. The summed E-state index contributed by atoms with van der Waals surface area (Å²) in [5, 5.41) is 4.64. The molecular formula is C97H78N2. The van der Waals surface area contributed by atoms with Crippen LogP contribution < -0.4 is 9.80 Å². The van der Waals surface area contributed by atoms with Gasteiger partial charge in [0.05, 0.1) is 10.8 Å². The second-order valence-electron chi connectivity index (χ2n) is 28.7. The third kappa shape index (κ3) is 9.98. The molecule has 0 spiro atoms. The number of anilines is 6. The Morgan fingerprint density at radius 3 is 0.939 bits per heavy atom. The molecule has 0 fully saturated rings. The third-order valence-electron chi connectivity index (χ3n) is 21.5. The molecule has 0 aromatic heterocycles. The highest BCUT2D eigenvalue weighted by Crippen LogP contribution is 2.60. The van der Waals surface area contributed by atoms with Crippen LogP contribution >= 0.6 is 0 Å². The van der Waals surface area contributed by atoms with Crippen molar-refractivity contribution in [3.63, 3.8) is 0 Å². The molecule has 0 atom stereocenters. The third-order valence-corrected chi connectivity index (χ3v) is 21.5. The molecule has 2 aliphatic carbocycles. The fraction of sp³-hybridized carbons (Fsp3) is 0.113. The molecule has 15 aromatic carbocycles. The van der Waals surface area contributed by atoms with Crippen molar-refractivity contribution >= 4 is 55.7 Å². The Morgan fingerprint density at radius 2 is 0.586 bits per heavy atom. The Balaban J connectivity index is 1.02. The van der Waals surface area contributed by atoms with Gasteiger partial charge in [0, 0.05) is 34.1 Å². The highest BCUT2D eigenvalue weighted by molar-refractivity contribution is 6.23. The van der Waals surface area contributed by atoms with Crippen LogP contribution in [0.5, 0.6) is 0 Å². The van der Waals surface area contributed by atoms with Crippen LogP contribution in [0, 0.1) is 13.8 Å². The Bertz CT molecular complexity index is 5450. The molecule has 2 nitrogen and oxygen atoms in total. The van der Waals surface area contributed by atoms with Gasteiger partial charge in [0.1, 0.15) is 0 Å². The predicted octanol–water partition coefficient (Wildman–Crippen LogP) is 26.0. The van der Waals surface area contributed by atoms with Crippen molar-refractivity contribution in [2.75, 3.05) is 9.80 Å². The average Bonchev–Trinajstić information content (AvgIpc) is 1.54. The molecule has 0 unspecified atom stereocenters. The van der Waals surface area contributed by atoms with E-state index in [0.717, 1.165) is 66.8 Å². The second kappa shape index (κ2) is 24.2. The number of nitrogens with zero attached hydrogens (tertiary/aromatic N) is 2. The standard InChI is InChI=1S/C97H78N2/c1-64(2)67-40-50-77(51-41-67)98(75-46-36-65(3)37-47-75)79-54-58-85-87(62-79)93(68-42-56-83-81-32-20-22-34-89(81)96(91(83)60-68,71-24-12-8-13-25-71)72-26-14-9-15-27-72)86-59-55-80(99(76-48-38-66(4)39-49-76)78-52-44-70(45-53-78)95(5,6)7)63-88(86)94(85)69-43-57-84-82-33-21-23-35-90(82)97(92(84)61-69,73-28-16-10-17-29-73)74-30-18-11-19-31-74/h8-64H,1-7H3. The second-order valence-corrected chi connectivity index (χ2v) is 28.7. The van der Waals surface area contributed by atoms with Crippen molar-refractivity contribution in [1.82, 2.24) is 0 Å². The lowest BCUT2D eigenvalue weighted by atomic mass is 9.67. The van der Waals surface area contributed by atoms with Gasteiger partial charge in [0.2, 0.25) is 0 Å². The smallest absolute Gasteiger partial charge is 0.0713 e. The first-order valence-electron chi connectivity index (χ1n) is 35.1. The summed E-state index contributed by atoms with van der Waals surface area (Å²) in [5.74, 6) is 0.391. The van der Waals surface area contributed by atoms with Gasteiger partial charge in [0.25, 0.3) is 0 Å². The van der Waals surface area contributed by atoms with Gasteiger partial charge in [-0.2, -0.15) is 0 Å². The summed E-state index contributed by atoms with van der Waals surface area (Å²) in [5.41, 5.74) is 30.0. The molecule has 0 amide bonds. The van der Waals surface area contributed by atoms with Gasteiger partial charge in [-0.3, -0.25) is 0 Å². The fourth-order valence-corrected chi connectivity index (χ4v) is 16.7. The first-order valence-corrected chi connectivity index (χ1v) is 35.1. The summed E-state index contributed by atoms with van der Waals surface area (Å²) in [6.07, 6.45) is 0. The summed E-state index contributed by atoms with van der Waals surface area (Å²) < 4.78 is 0. The van der Waals surface area contributed by atoms with Crippen LogP contribution in [0.15, 0.2) is 340 Å². The Labute approximate surface area is 583 Å². The Hall–Kier alpha value is -11.6. The number of fused-ring (bicyclic) bond motifs is 8. The van der Waals surface area contributed by atoms with Crippen molar-refractivity contribution in [3.05, 3.63) is 406 Å². The number of hydrogen-bond donors (Lipinski definition) is 0. The van der Waals surface area contributed by atoms with Crippen LogP contribution in [0.4, 0.5) is 34.1 Å². The summed E-state index contributed by atoms with van der Waals surface area (Å²) in [6, 6.07) is 129. The van der Waals surface area contributed by atoms with Crippen LogP contribution in [-0.2, 0) is 16.2 Å². The van der Waals surface area contributed by atoms with Crippen LogP contribution in [-0.4, -0.2) is 0 Å². The molecule has 0 aliphatic heterocycles. The molecule has 0 saturated heterocycles. The molecule has 476 valence electrons. The maximum absolute atomic E-state index is 2.57. The van der Waals surface area contributed by atoms with E-state index in [1.165, 1.54) is 100 Å². The Morgan fingerprint density at radius 1 is 0.273 bits per heavy atom. The van der Waals surface area contributed by atoms with Crippen LogP contribution in [0.1, 0.15) is 107 Å². The zero-order chi connectivity index (χ0) is 67.2. The molecular weight excluding hydrogens is 1190 g/mol. The summed E-state index contributed by atoms with van der Waals surface area (Å²) in [7, 11) is 0. The van der Waals surface area contributed by atoms with E-state index in [1.807, 2.05) is 0 Å². The molecule has 17 rings (SSSR count). The predicted molar refractivity (Wildman–Crippen MR) is 419 cm³/mol. The Kier molecular flexibility index (Phi) is 14.9. The van der Waals surface area contributed by atoms with Gasteiger partial charge in [0.15, 0.2) is 0 Å². The number of benzene rings is 15. The minimum atomic E-state index is -0.624. The van der Waals surface area contributed by atoms with E-state index < -0.39 is 10.8 Å². The average molecular weight is 1270 g/mol. The van der Waals surface area contributed by atoms with E-state index in [0.29, 0.717) is 5.92 Å². The lowest BCUT2D eigenvalue weighted by Crippen LogP contribution is -2.28. The highest BCUT2D eigenvalue weighted by Gasteiger charge is 2.48. The molecule has 0 N–H and O–H groups in total. The largest absolute Gasteiger partial charge is 0.310 e. The molecule has 2 aliphatic rings. The van der Waals surface area contributed by atoms with E-state index in [4.69, 9.17) is 0 Å². The molecule has 2 heteroatoms. The highest BCUT2D eigenvalue weighted by atomic mass is 15.1. The van der Waals surface area contributed by atoms with E-state index in [1.54, 1.807) is 0 Å². The lowest BCUT2D eigenvalue weighted by molar-refractivity contribution is 0.590. The van der Waals surface area contributed by atoms with Crippen molar-refractivity contribution in [2.45, 2.75) is 70.6 Å². The molecule has 0 saturated carbocycles. The minimum absolute atomic E-state index is 0.0179. The van der Waals surface area contributed by atoms with Crippen molar-refractivity contribution in [1.29, 1.82) is 0 Å². The maximum atomic E-state index is 2.57. The zero-order valence-electron chi connectivity index (χ0n) is 57.3. The SMILES string of the molecule is Cc1ccc(N(c2ccc(C(C)C)cc2)c2ccc3c(-c4ccc5c(c4)C(c4ccccc4)(c4ccccc4)c4ccccc4-5)c4cc(N(c5ccc(C)cc5)c5ccc(C(C)(C)C)cc5)ccc4c(-c4ccc5c(c4)C(c4ccccc4)(c4ccccc4)c4ccccc4-5)c3c2)cc1. The van der Waals surface area contributed by atoms with Crippen LogP contribution in [0.25, 0.3) is 66.1 Å². The van der Waals surface area contributed by atoms with Gasteiger partial charge in [-0.1, -0.05) is 301 Å². The maximum Gasteiger partial charge on any atom is 0.0713 e. The van der Waals surface area contributed by atoms with E-state index in [9.17, 15) is 0 Å². The van der Waals surface area contributed by atoms with Gasteiger partial charge < -0.3 is 9.80 Å². The molecule has 15 aromatic rings. The zero-order valence-corrected chi connectivity index (χ0v) is 57.3. The quantitative estimate of drug-likeness (QED) is 0.106. The van der Waals surface area contributed by atoms with Gasteiger partial charge in [-0.15, -0.1) is 0 Å². The van der Waals surface area contributed by atoms with Gasteiger partial charge >= 0.3 is 0 Å². The normalized spacial score (nSPS) is 13.3. The van der Waals surface area contributed by atoms with Crippen molar-refractivity contribution in [3.8, 4) is 44.5 Å². The van der Waals surface area contributed by atoms with Crippen molar-refractivity contribution < 1.29 is 0 Å². The molecule has 99 heavy (non-hydrogen) atoms. The topological polar surface area (TPSA) is 6.48 Å². The monoisotopic (exact) mass is 1270 g/mol. The van der Waals surface area contributed by atoms with Gasteiger partial charge in [-0.25, -0.2) is 0 Å². The van der Waals surface area contributed by atoms with E-state index in [-0.39, 0.29) is 5.41 Å². The number of hydrogen-bond acceptors (Lipinski definition) is 2. The molecule has 0 radical (unpaired) electrons. The fourth-order valence-electron chi connectivity index (χ4n) is 16.7. The summed E-state index contributed by atoms with van der Waals surface area (Å²) in [4.78, 5) is 4.92. The van der Waals surface area contributed by atoms with E-state index >= 15 is 0 Å². The summed E-state index contributed by atoms with van der Waals surface area (Å²) in [6.45, 7) is 15.8. The first kappa shape index (κ1) is 61.0. The number of rotatable bonds is 13. The van der Waals surface area contributed by atoms with E-state index in [2.05, 4.69) is 398 Å². The first-order chi connectivity index (χ1) is 48.4. The molecule has 0 heterocycles. The van der Waals surface area contributed by atoms with Crippen LogP contribution in [0.2, 0.25) is 0 Å². The lowest BCUT2D eigenvalue weighted by Gasteiger charge is -2.34. The van der Waals surface area contributed by atoms with Gasteiger partial charge in [-0.05, 0) is 232 Å². The number of aryl methyl sites for hydroxylation is 2. The molecule has 0 bridgehead atoms. The van der Waals surface area contributed by atoms with Crippen LogP contribution in [0.3, 0.4) is 0 Å². The minimum Gasteiger partial charge on any atom is -0.310 e.